The number of halogens is 2. The molecule has 0 fully saturated rings. The van der Waals surface area contributed by atoms with Crippen molar-refractivity contribution < 1.29 is 4.79 Å². The summed E-state index contributed by atoms with van der Waals surface area (Å²) in [6.07, 6.45) is 2.61. The van der Waals surface area contributed by atoms with Crippen LogP contribution < -0.4 is 0 Å². The lowest BCUT2D eigenvalue weighted by Crippen LogP contribution is -1.97. The summed E-state index contributed by atoms with van der Waals surface area (Å²) in [6.45, 7) is 0. The summed E-state index contributed by atoms with van der Waals surface area (Å²) in [5.74, 6) is 0. The fourth-order valence-corrected chi connectivity index (χ4v) is 1.46. The summed E-state index contributed by atoms with van der Waals surface area (Å²) >= 11 is 6.27. The third-order valence-electron chi connectivity index (χ3n) is 0.490. The van der Waals surface area contributed by atoms with E-state index < -0.39 is 0 Å². The van der Waals surface area contributed by atoms with E-state index in [1.54, 1.807) is 6.29 Å². The molecule has 1 nitrogen and oxygen atoms in total. The zero-order chi connectivity index (χ0) is 5.70. The van der Waals surface area contributed by atoms with E-state index in [1.807, 2.05) is 0 Å². The molecule has 0 spiro atoms. The second-order valence-corrected chi connectivity index (χ2v) is 2.96. The molecule has 1 unspecified atom stereocenters. The molecule has 0 saturated carbocycles. The van der Waals surface area contributed by atoms with Crippen molar-refractivity contribution >= 4 is 38.1 Å². The lowest BCUT2D eigenvalue weighted by Gasteiger charge is -1.90. The highest BCUT2D eigenvalue weighted by molar-refractivity contribution is 9.10. The fraction of sp³-hybridized carbons (Fsp3) is 0.750. The van der Waals surface area contributed by atoms with Gasteiger partial charge < -0.3 is 0 Å². The Bertz CT molecular complexity index is 55.7. The summed E-state index contributed by atoms with van der Waals surface area (Å²) in [5.41, 5.74) is 0. The van der Waals surface area contributed by atoms with E-state index >= 15 is 0 Å². The molecule has 0 aliphatic carbocycles. The molecular formula is C4H5Br2O. The monoisotopic (exact) mass is 227 g/mol. The maximum Gasteiger partial charge on any atom is 0.213 e. The van der Waals surface area contributed by atoms with E-state index in [0.29, 0.717) is 0 Å². The van der Waals surface area contributed by atoms with Gasteiger partial charge in [0.1, 0.15) is 0 Å². The molecular weight excluding hydrogens is 224 g/mol. The van der Waals surface area contributed by atoms with Crippen LogP contribution in [-0.4, -0.2) is 16.4 Å². The number of carbonyl (C=O) groups excluding carboxylic acids is 1. The summed E-state index contributed by atoms with van der Waals surface area (Å²) in [6, 6.07) is 0. The SMILES string of the molecule is O=[C]C(Br)CCBr. The molecule has 0 aliphatic heterocycles. The van der Waals surface area contributed by atoms with Crippen LogP contribution in [0.5, 0.6) is 0 Å². The van der Waals surface area contributed by atoms with Crippen molar-refractivity contribution in [2.75, 3.05) is 5.33 Å². The largest absolute Gasteiger partial charge is 0.290 e. The van der Waals surface area contributed by atoms with Crippen LogP contribution in [0.25, 0.3) is 0 Å². The first-order chi connectivity index (χ1) is 3.31. The lowest BCUT2D eigenvalue weighted by molar-refractivity contribution is 0.553. The van der Waals surface area contributed by atoms with Crippen molar-refractivity contribution in [1.29, 1.82) is 0 Å². The number of alkyl halides is 2. The van der Waals surface area contributed by atoms with Gasteiger partial charge in [-0.3, -0.25) is 4.79 Å². The Morgan fingerprint density at radius 1 is 1.71 bits per heavy atom. The summed E-state index contributed by atoms with van der Waals surface area (Å²) in [5, 5.41) is 0.845. The molecule has 41 valence electrons. The average molecular weight is 229 g/mol. The minimum Gasteiger partial charge on any atom is -0.290 e. The predicted molar refractivity (Wildman–Crippen MR) is 36.8 cm³/mol. The van der Waals surface area contributed by atoms with Crippen LogP contribution in [0.1, 0.15) is 6.42 Å². The molecule has 0 heterocycles. The van der Waals surface area contributed by atoms with E-state index in [4.69, 9.17) is 0 Å². The molecule has 0 N–H and O–H groups in total. The molecule has 1 radical (unpaired) electrons. The maximum absolute atomic E-state index is 9.70. The van der Waals surface area contributed by atoms with Crippen LogP contribution in [0.2, 0.25) is 0 Å². The molecule has 0 amide bonds. The third-order valence-corrected chi connectivity index (χ3v) is 1.59. The van der Waals surface area contributed by atoms with Gasteiger partial charge in [-0.05, 0) is 6.42 Å². The molecule has 0 saturated heterocycles. The Kier molecular flexibility index (Phi) is 5.21. The second kappa shape index (κ2) is 4.78. The molecule has 0 aromatic rings. The number of hydrogen-bond donors (Lipinski definition) is 0. The van der Waals surface area contributed by atoms with Gasteiger partial charge in [0, 0.05) is 5.33 Å². The highest BCUT2D eigenvalue weighted by atomic mass is 79.9. The van der Waals surface area contributed by atoms with E-state index in [1.165, 1.54) is 0 Å². The molecule has 0 bridgehead atoms. The Morgan fingerprint density at radius 3 is 2.43 bits per heavy atom. The summed E-state index contributed by atoms with van der Waals surface area (Å²) < 4.78 is 0. The first-order valence-corrected chi connectivity index (χ1v) is 3.92. The molecule has 1 atom stereocenters. The van der Waals surface area contributed by atoms with Gasteiger partial charge in [-0.15, -0.1) is 0 Å². The van der Waals surface area contributed by atoms with Gasteiger partial charge in [0.05, 0.1) is 4.83 Å². The van der Waals surface area contributed by atoms with Gasteiger partial charge in [-0.1, -0.05) is 31.9 Å². The minimum absolute atomic E-state index is 0.0909. The molecule has 7 heavy (non-hydrogen) atoms. The Balaban J connectivity index is 2.98. The smallest absolute Gasteiger partial charge is 0.213 e. The zero-order valence-electron chi connectivity index (χ0n) is 3.66. The predicted octanol–water partition coefficient (Wildman–Crippen LogP) is 1.64. The number of hydrogen-bond acceptors (Lipinski definition) is 1. The van der Waals surface area contributed by atoms with Crippen molar-refractivity contribution in [1.82, 2.24) is 0 Å². The van der Waals surface area contributed by atoms with Gasteiger partial charge >= 0.3 is 0 Å². The van der Waals surface area contributed by atoms with E-state index in [0.717, 1.165) is 11.8 Å². The molecule has 3 heteroatoms. The standard InChI is InChI=1S/C4H5Br2O/c5-2-1-4(6)3-7/h4H,1-2H2. The first-order valence-electron chi connectivity index (χ1n) is 1.89. The summed E-state index contributed by atoms with van der Waals surface area (Å²) in [7, 11) is 0. The van der Waals surface area contributed by atoms with Gasteiger partial charge in [0.25, 0.3) is 0 Å². The average Bonchev–Trinajstić information content (AvgIpc) is 1.68. The van der Waals surface area contributed by atoms with Gasteiger partial charge in [0.15, 0.2) is 0 Å². The highest BCUT2D eigenvalue weighted by Crippen LogP contribution is 2.02. The van der Waals surface area contributed by atoms with Gasteiger partial charge in [0.2, 0.25) is 6.29 Å². The lowest BCUT2D eigenvalue weighted by atomic mass is 10.4. The van der Waals surface area contributed by atoms with Crippen LogP contribution in [0.4, 0.5) is 0 Å². The molecule has 0 aromatic heterocycles. The van der Waals surface area contributed by atoms with Crippen LogP contribution >= 0.6 is 31.9 Å². The molecule has 0 aromatic carbocycles. The van der Waals surface area contributed by atoms with E-state index in [2.05, 4.69) is 31.9 Å². The van der Waals surface area contributed by atoms with Crippen LogP contribution in [-0.2, 0) is 4.79 Å². The van der Waals surface area contributed by atoms with Crippen LogP contribution in [0.3, 0.4) is 0 Å². The molecule has 0 aliphatic rings. The third kappa shape index (κ3) is 4.48. The van der Waals surface area contributed by atoms with Crippen molar-refractivity contribution in [3.8, 4) is 0 Å². The highest BCUT2D eigenvalue weighted by Gasteiger charge is 1.98. The quantitative estimate of drug-likeness (QED) is 0.672. The second-order valence-electron chi connectivity index (χ2n) is 1.06. The van der Waals surface area contributed by atoms with Crippen molar-refractivity contribution in [3.05, 3.63) is 0 Å². The van der Waals surface area contributed by atoms with Crippen molar-refractivity contribution in [2.24, 2.45) is 0 Å². The minimum atomic E-state index is -0.0909. The fourth-order valence-electron chi connectivity index (χ4n) is 0.155. The Morgan fingerprint density at radius 2 is 2.29 bits per heavy atom. The van der Waals surface area contributed by atoms with E-state index in [-0.39, 0.29) is 4.83 Å². The van der Waals surface area contributed by atoms with Crippen molar-refractivity contribution in [3.63, 3.8) is 0 Å². The Hall–Kier alpha value is 0.630. The summed E-state index contributed by atoms with van der Waals surface area (Å²) in [4.78, 5) is 9.61. The zero-order valence-corrected chi connectivity index (χ0v) is 6.83. The van der Waals surface area contributed by atoms with Crippen LogP contribution in [0, 0.1) is 0 Å². The van der Waals surface area contributed by atoms with E-state index in [9.17, 15) is 4.79 Å². The van der Waals surface area contributed by atoms with Gasteiger partial charge in [-0.25, -0.2) is 0 Å². The topological polar surface area (TPSA) is 17.1 Å². The molecule has 0 rings (SSSR count). The van der Waals surface area contributed by atoms with Crippen LogP contribution in [0.15, 0.2) is 0 Å². The Labute approximate surface area is 59.7 Å². The van der Waals surface area contributed by atoms with Gasteiger partial charge in [-0.2, -0.15) is 0 Å². The first kappa shape index (κ1) is 7.63. The normalized spacial score (nSPS) is 13.4. The number of rotatable bonds is 3. The van der Waals surface area contributed by atoms with Crippen molar-refractivity contribution in [2.45, 2.75) is 11.2 Å². The maximum atomic E-state index is 9.70.